The Labute approximate surface area is 140 Å². The molecule has 3 saturated carbocycles. The first-order valence-electron chi connectivity index (χ1n) is 9.76. The minimum atomic E-state index is -0.0593. The maximum atomic E-state index is 12.1. The smallest absolute Gasteiger partial charge is 0.156 e. The van der Waals surface area contributed by atoms with E-state index in [0.29, 0.717) is 17.1 Å². The van der Waals surface area contributed by atoms with Crippen LogP contribution in [-0.2, 0) is 4.79 Å². The van der Waals surface area contributed by atoms with Crippen molar-refractivity contribution in [3.8, 4) is 0 Å². The number of fused-ring (bicyclic) bond motifs is 5. The van der Waals surface area contributed by atoms with E-state index in [9.17, 15) is 9.90 Å². The van der Waals surface area contributed by atoms with Gasteiger partial charge in [-0.2, -0.15) is 0 Å². The number of Topliss-reactive ketones (excluding diaryl/α,β-unsaturated/α-hetero) is 1. The number of rotatable bonds is 1. The predicted molar refractivity (Wildman–Crippen MR) is 91.9 cm³/mol. The van der Waals surface area contributed by atoms with E-state index in [2.05, 4.69) is 19.9 Å². The number of aliphatic hydroxyl groups is 1. The van der Waals surface area contributed by atoms with Crippen molar-refractivity contribution in [3.63, 3.8) is 0 Å². The average molecular weight is 316 g/mol. The summed E-state index contributed by atoms with van der Waals surface area (Å²) in [6, 6.07) is 0. The van der Waals surface area contributed by atoms with Crippen LogP contribution >= 0.6 is 0 Å². The van der Waals surface area contributed by atoms with Crippen LogP contribution in [0.4, 0.5) is 0 Å². The highest BCUT2D eigenvalue weighted by Gasteiger charge is 2.58. The summed E-state index contributed by atoms with van der Waals surface area (Å²) in [4.78, 5) is 12.1. The molecule has 0 aromatic carbocycles. The first-order chi connectivity index (χ1) is 10.9. The van der Waals surface area contributed by atoms with Gasteiger partial charge in [0.2, 0.25) is 0 Å². The molecule has 3 fully saturated rings. The number of carbonyl (C=O) groups excluding carboxylic acids is 1. The van der Waals surface area contributed by atoms with Crippen molar-refractivity contribution in [3.05, 3.63) is 11.6 Å². The van der Waals surface area contributed by atoms with Crippen molar-refractivity contribution < 1.29 is 9.90 Å². The molecule has 0 spiro atoms. The van der Waals surface area contributed by atoms with Gasteiger partial charge in [0.25, 0.3) is 0 Å². The summed E-state index contributed by atoms with van der Waals surface area (Å²) in [5.41, 5.74) is 1.71. The maximum Gasteiger partial charge on any atom is 0.156 e. The van der Waals surface area contributed by atoms with Gasteiger partial charge < -0.3 is 5.11 Å². The van der Waals surface area contributed by atoms with Gasteiger partial charge in [0.15, 0.2) is 5.78 Å². The fraction of sp³-hybridized carbons (Fsp3) is 0.857. The summed E-state index contributed by atoms with van der Waals surface area (Å²) in [7, 11) is 0. The van der Waals surface area contributed by atoms with Crippen molar-refractivity contribution in [1.82, 2.24) is 0 Å². The van der Waals surface area contributed by atoms with E-state index in [0.717, 1.165) is 42.6 Å². The summed E-state index contributed by atoms with van der Waals surface area (Å²) in [5.74, 6) is 3.31. The quantitative estimate of drug-likeness (QED) is 0.772. The first-order valence-corrected chi connectivity index (χ1v) is 9.76. The van der Waals surface area contributed by atoms with E-state index < -0.39 is 0 Å². The van der Waals surface area contributed by atoms with Crippen molar-refractivity contribution >= 4 is 5.78 Å². The van der Waals surface area contributed by atoms with E-state index in [4.69, 9.17) is 0 Å². The number of hydrogen-bond donors (Lipinski definition) is 1. The Kier molecular flexibility index (Phi) is 3.58. The monoisotopic (exact) mass is 316 g/mol. The Bertz CT molecular complexity index is 550. The molecule has 7 atom stereocenters. The van der Waals surface area contributed by atoms with Crippen LogP contribution in [0.15, 0.2) is 11.6 Å². The molecule has 0 saturated heterocycles. The van der Waals surface area contributed by atoms with Crippen LogP contribution in [-0.4, -0.2) is 17.0 Å². The minimum absolute atomic E-state index is 0.0593. The van der Waals surface area contributed by atoms with Crippen LogP contribution < -0.4 is 0 Å². The molecule has 0 heterocycles. The lowest BCUT2D eigenvalue weighted by Crippen LogP contribution is -2.53. The van der Waals surface area contributed by atoms with E-state index >= 15 is 0 Å². The van der Waals surface area contributed by atoms with Crippen molar-refractivity contribution in [1.29, 1.82) is 0 Å². The van der Waals surface area contributed by atoms with Gasteiger partial charge in [-0.05, 0) is 98.4 Å². The lowest BCUT2D eigenvalue weighted by Gasteiger charge is -2.60. The lowest BCUT2D eigenvalue weighted by atomic mass is 9.44. The lowest BCUT2D eigenvalue weighted by molar-refractivity contribution is -0.124. The molecule has 1 N–H and O–H groups in total. The number of allylic oxidation sites excluding steroid dienone is 2. The van der Waals surface area contributed by atoms with Crippen LogP contribution in [0.1, 0.15) is 72.1 Å². The first kappa shape index (κ1) is 15.9. The van der Waals surface area contributed by atoms with Crippen molar-refractivity contribution in [2.24, 2.45) is 34.5 Å². The molecule has 0 bridgehead atoms. The molecule has 2 nitrogen and oxygen atoms in total. The summed E-state index contributed by atoms with van der Waals surface area (Å²) in [6.45, 7) is 6.65. The normalized spacial score (nSPS) is 52.2. The van der Waals surface area contributed by atoms with Crippen molar-refractivity contribution in [2.45, 2.75) is 78.2 Å². The van der Waals surface area contributed by atoms with Crippen LogP contribution in [0, 0.1) is 34.5 Å². The minimum Gasteiger partial charge on any atom is -0.393 e. The third-order valence-corrected chi connectivity index (χ3v) is 8.60. The highest BCUT2D eigenvalue weighted by molar-refractivity contribution is 5.95. The standard InChI is InChI=1S/C21H32O2/c1-13(22)17-6-7-18-16-5-4-14-12-15(23)8-10-20(14,2)19(16)9-11-21(17,18)3/h6,14-16,18-19,23H,4-5,7-12H2,1-3H3/t14-,15+,16+,18+,19+,20-,21+/m0/s1. The number of hydrogen-bond acceptors (Lipinski definition) is 2. The van der Waals surface area contributed by atoms with Gasteiger partial charge in [0, 0.05) is 0 Å². The molecule has 0 aromatic heterocycles. The van der Waals surface area contributed by atoms with Gasteiger partial charge in [0.1, 0.15) is 0 Å². The van der Waals surface area contributed by atoms with Gasteiger partial charge >= 0.3 is 0 Å². The Morgan fingerprint density at radius 3 is 2.65 bits per heavy atom. The Balaban J connectivity index is 1.62. The third-order valence-electron chi connectivity index (χ3n) is 8.60. The van der Waals surface area contributed by atoms with Gasteiger partial charge in [-0.25, -0.2) is 0 Å². The molecule has 23 heavy (non-hydrogen) atoms. The van der Waals surface area contributed by atoms with Crippen LogP contribution in [0.2, 0.25) is 0 Å². The van der Waals surface area contributed by atoms with Gasteiger partial charge in [-0.3, -0.25) is 4.79 Å². The van der Waals surface area contributed by atoms with E-state index in [-0.39, 0.29) is 11.5 Å². The van der Waals surface area contributed by atoms with Crippen LogP contribution in [0.5, 0.6) is 0 Å². The molecule has 0 radical (unpaired) electrons. The predicted octanol–water partition coefficient (Wildman–Crippen LogP) is 4.52. The summed E-state index contributed by atoms with van der Waals surface area (Å²) < 4.78 is 0. The topological polar surface area (TPSA) is 37.3 Å². The van der Waals surface area contributed by atoms with E-state index in [1.807, 2.05) is 0 Å². The maximum absolute atomic E-state index is 12.1. The highest BCUT2D eigenvalue weighted by Crippen LogP contribution is 2.66. The fourth-order valence-corrected chi connectivity index (χ4v) is 7.35. The second-order valence-electron chi connectivity index (χ2n) is 9.45. The largest absolute Gasteiger partial charge is 0.393 e. The molecule has 2 heteroatoms. The third kappa shape index (κ3) is 2.13. The molecule has 4 aliphatic carbocycles. The number of ketones is 1. The summed E-state index contributed by atoms with van der Waals surface area (Å²) >= 11 is 0. The molecule has 0 aliphatic heterocycles. The summed E-state index contributed by atoms with van der Waals surface area (Å²) in [6.07, 6.45) is 11.6. The highest BCUT2D eigenvalue weighted by atomic mass is 16.3. The molecule has 4 aliphatic rings. The molecule has 0 amide bonds. The average Bonchev–Trinajstić information content (AvgIpc) is 2.85. The van der Waals surface area contributed by atoms with E-state index in [1.54, 1.807) is 6.92 Å². The zero-order valence-corrected chi connectivity index (χ0v) is 15.0. The Morgan fingerprint density at radius 1 is 1.13 bits per heavy atom. The SMILES string of the molecule is CC(=O)C1=CC[C@@H]2[C@H]3CC[C@H]4C[C@H](O)CC[C@]4(C)[C@@H]3CC[C@]12C. The second kappa shape index (κ2) is 5.18. The van der Waals surface area contributed by atoms with Gasteiger partial charge in [0.05, 0.1) is 6.10 Å². The van der Waals surface area contributed by atoms with Crippen LogP contribution in [0.3, 0.4) is 0 Å². The Morgan fingerprint density at radius 2 is 1.91 bits per heavy atom. The number of carbonyl (C=O) groups is 1. The molecular formula is C21H32O2. The molecular weight excluding hydrogens is 284 g/mol. The fourth-order valence-electron chi connectivity index (χ4n) is 7.35. The second-order valence-corrected chi connectivity index (χ2v) is 9.45. The zero-order chi connectivity index (χ0) is 16.4. The molecule has 4 rings (SSSR count). The number of aliphatic hydroxyl groups excluding tert-OH is 1. The van der Waals surface area contributed by atoms with E-state index in [1.165, 1.54) is 32.1 Å². The molecule has 128 valence electrons. The van der Waals surface area contributed by atoms with Crippen LogP contribution in [0.25, 0.3) is 0 Å². The molecule has 0 aromatic rings. The Hall–Kier alpha value is -0.630. The molecule has 0 unspecified atom stereocenters. The van der Waals surface area contributed by atoms with Gasteiger partial charge in [-0.15, -0.1) is 0 Å². The zero-order valence-electron chi connectivity index (χ0n) is 15.0. The summed E-state index contributed by atoms with van der Waals surface area (Å²) in [5, 5.41) is 10.1. The van der Waals surface area contributed by atoms with Crippen molar-refractivity contribution in [2.75, 3.05) is 0 Å². The van der Waals surface area contributed by atoms with Gasteiger partial charge in [-0.1, -0.05) is 19.9 Å².